The number of benzene rings is 1. The van der Waals surface area contributed by atoms with E-state index in [0.717, 1.165) is 35.0 Å². The molecule has 0 fully saturated rings. The van der Waals surface area contributed by atoms with Crippen LogP contribution in [0.15, 0.2) is 28.7 Å². The smallest absolute Gasteiger partial charge is 0.120 e. The van der Waals surface area contributed by atoms with Crippen molar-refractivity contribution < 1.29 is 4.74 Å². The molecule has 72 valence electrons. The van der Waals surface area contributed by atoms with Crippen molar-refractivity contribution in [1.29, 1.82) is 0 Å². The number of unbranched alkanes of at least 4 members (excludes halogenated alkanes) is 1. The molecule has 0 aliphatic carbocycles. The molecule has 0 saturated heterocycles. The van der Waals surface area contributed by atoms with Crippen LogP contribution in [0.2, 0.25) is 0 Å². The molecule has 0 amide bonds. The Kier molecular flexibility index (Phi) is 5.47. The monoisotopic (exact) mass is 306 g/mol. The fourth-order valence-corrected chi connectivity index (χ4v) is 1.72. The first-order chi connectivity index (χ1) is 6.33. The lowest BCUT2D eigenvalue weighted by Gasteiger charge is -2.04. The standard InChI is InChI=1S/C10H12Br2O/c11-6-1-2-7-13-10-5-3-4-9(12)8-10/h3-5,8H,1-2,6-7H2. The summed E-state index contributed by atoms with van der Waals surface area (Å²) in [6.45, 7) is 0.794. The SMILES string of the molecule is BrCCCCOc1cccc(Br)c1. The molecular weight excluding hydrogens is 296 g/mol. The third kappa shape index (κ3) is 4.67. The number of rotatable bonds is 5. The molecule has 0 aromatic heterocycles. The van der Waals surface area contributed by atoms with Crippen LogP contribution < -0.4 is 4.74 Å². The van der Waals surface area contributed by atoms with Gasteiger partial charge in [-0.15, -0.1) is 0 Å². The van der Waals surface area contributed by atoms with E-state index in [1.165, 1.54) is 0 Å². The summed E-state index contributed by atoms with van der Waals surface area (Å²) < 4.78 is 6.60. The van der Waals surface area contributed by atoms with E-state index in [1.54, 1.807) is 0 Å². The Bertz CT molecular complexity index is 250. The van der Waals surface area contributed by atoms with Crippen LogP contribution in [-0.4, -0.2) is 11.9 Å². The molecule has 0 unspecified atom stereocenters. The summed E-state index contributed by atoms with van der Waals surface area (Å²) in [5.74, 6) is 0.934. The summed E-state index contributed by atoms with van der Waals surface area (Å²) >= 11 is 6.78. The van der Waals surface area contributed by atoms with Crippen molar-refractivity contribution >= 4 is 31.9 Å². The van der Waals surface area contributed by atoms with Gasteiger partial charge in [-0.1, -0.05) is 37.9 Å². The van der Waals surface area contributed by atoms with Crippen LogP contribution in [0.1, 0.15) is 12.8 Å². The molecule has 13 heavy (non-hydrogen) atoms. The Hall–Kier alpha value is -0.0200. The van der Waals surface area contributed by atoms with E-state index in [0.29, 0.717) is 0 Å². The molecule has 1 rings (SSSR count). The molecule has 0 bridgehead atoms. The van der Waals surface area contributed by atoms with Gasteiger partial charge in [0, 0.05) is 9.80 Å². The van der Waals surface area contributed by atoms with Crippen LogP contribution in [0.4, 0.5) is 0 Å². The Labute approximate surface area is 95.7 Å². The predicted molar refractivity (Wildman–Crippen MR) is 62.7 cm³/mol. The summed E-state index contributed by atoms with van der Waals surface area (Å²) in [5, 5.41) is 1.05. The fourth-order valence-electron chi connectivity index (χ4n) is 0.943. The van der Waals surface area contributed by atoms with E-state index in [-0.39, 0.29) is 0 Å². The molecule has 0 heterocycles. The van der Waals surface area contributed by atoms with E-state index in [9.17, 15) is 0 Å². The fraction of sp³-hybridized carbons (Fsp3) is 0.400. The highest BCUT2D eigenvalue weighted by Crippen LogP contribution is 2.17. The highest BCUT2D eigenvalue weighted by molar-refractivity contribution is 9.10. The number of halogens is 2. The summed E-state index contributed by atoms with van der Waals surface area (Å²) in [6.07, 6.45) is 2.26. The van der Waals surface area contributed by atoms with E-state index < -0.39 is 0 Å². The van der Waals surface area contributed by atoms with Crippen molar-refractivity contribution in [1.82, 2.24) is 0 Å². The summed E-state index contributed by atoms with van der Waals surface area (Å²) in [4.78, 5) is 0. The number of hydrogen-bond acceptors (Lipinski definition) is 1. The van der Waals surface area contributed by atoms with Crippen LogP contribution >= 0.6 is 31.9 Å². The molecule has 1 nitrogen and oxygen atoms in total. The molecule has 0 radical (unpaired) electrons. The quantitative estimate of drug-likeness (QED) is 0.590. The van der Waals surface area contributed by atoms with Crippen molar-refractivity contribution in [3.8, 4) is 5.75 Å². The van der Waals surface area contributed by atoms with Gasteiger partial charge in [0.25, 0.3) is 0 Å². The lowest BCUT2D eigenvalue weighted by Crippen LogP contribution is -1.97. The zero-order chi connectivity index (χ0) is 9.52. The minimum absolute atomic E-state index is 0.794. The van der Waals surface area contributed by atoms with Gasteiger partial charge in [0.1, 0.15) is 5.75 Å². The predicted octanol–water partition coefficient (Wildman–Crippen LogP) is 4.00. The highest BCUT2D eigenvalue weighted by atomic mass is 79.9. The average Bonchev–Trinajstić information content (AvgIpc) is 2.13. The Morgan fingerprint density at radius 3 is 2.77 bits per heavy atom. The van der Waals surface area contributed by atoms with E-state index >= 15 is 0 Å². The first-order valence-corrected chi connectivity index (χ1v) is 6.18. The lowest BCUT2D eigenvalue weighted by molar-refractivity contribution is 0.310. The maximum absolute atomic E-state index is 5.54. The molecular formula is C10H12Br2O. The number of alkyl halides is 1. The second-order valence-corrected chi connectivity index (χ2v) is 4.41. The maximum atomic E-state index is 5.54. The van der Waals surface area contributed by atoms with Gasteiger partial charge in [0.15, 0.2) is 0 Å². The van der Waals surface area contributed by atoms with Gasteiger partial charge in [-0.25, -0.2) is 0 Å². The van der Waals surface area contributed by atoms with Crippen molar-refractivity contribution in [3.05, 3.63) is 28.7 Å². The average molecular weight is 308 g/mol. The van der Waals surface area contributed by atoms with Gasteiger partial charge in [0.2, 0.25) is 0 Å². The zero-order valence-electron chi connectivity index (χ0n) is 7.30. The lowest BCUT2D eigenvalue weighted by atomic mass is 10.3. The second-order valence-electron chi connectivity index (χ2n) is 2.70. The van der Waals surface area contributed by atoms with Gasteiger partial charge in [-0.2, -0.15) is 0 Å². The molecule has 0 aliphatic heterocycles. The van der Waals surface area contributed by atoms with Crippen LogP contribution in [0.5, 0.6) is 5.75 Å². The third-order valence-corrected chi connectivity index (χ3v) is 2.65. The van der Waals surface area contributed by atoms with Crippen LogP contribution in [0.3, 0.4) is 0 Å². The molecule has 1 aromatic carbocycles. The molecule has 3 heteroatoms. The molecule has 0 spiro atoms. The summed E-state index contributed by atoms with van der Waals surface area (Å²) in [6, 6.07) is 7.92. The van der Waals surface area contributed by atoms with E-state index in [1.807, 2.05) is 24.3 Å². The first-order valence-electron chi connectivity index (χ1n) is 4.27. The summed E-state index contributed by atoms with van der Waals surface area (Å²) in [5.41, 5.74) is 0. The Balaban J connectivity index is 2.28. The summed E-state index contributed by atoms with van der Waals surface area (Å²) in [7, 11) is 0. The normalized spacial score (nSPS) is 10.0. The number of hydrogen-bond donors (Lipinski definition) is 0. The van der Waals surface area contributed by atoms with Gasteiger partial charge in [-0.05, 0) is 31.0 Å². The van der Waals surface area contributed by atoms with Gasteiger partial charge < -0.3 is 4.74 Å². The Morgan fingerprint density at radius 2 is 2.08 bits per heavy atom. The van der Waals surface area contributed by atoms with Crippen molar-refractivity contribution in [2.75, 3.05) is 11.9 Å². The molecule has 1 aromatic rings. The molecule has 0 saturated carbocycles. The minimum Gasteiger partial charge on any atom is -0.494 e. The third-order valence-electron chi connectivity index (χ3n) is 1.59. The van der Waals surface area contributed by atoms with Gasteiger partial charge in [0.05, 0.1) is 6.61 Å². The first kappa shape index (κ1) is 11.1. The molecule has 0 aliphatic rings. The molecule has 0 atom stereocenters. The zero-order valence-corrected chi connectivity index (χ0v) is 10.5. The van der Waals surface area contributed by atoms with Crippen LogP contribution in [0.25, 0.3) is 0 Å². The van der Waals surface area contributed by atoms with Crippen molar-refractivity contribution in [2.24, 2.45) is 0 Å². The van der Waals surface area contributed by atoms with Crippen molar-refractivity contribution in [3.63, 3.8) is 0 Å². The van der Waals surface area contributed by atoms with Crippen LogP contribution in [0, 0.1) is 0 Å². The Morgan fingerprint density at radius 1 is 1.23 bits per heavy atom. The van der Waals surface area contributed by atoms with Gasteiger partial charge in [-0.3, -0.25) is 0 Å². The number of ether oxygens (including phenoxy) is 1. The van der Waals surface area contributed by atoms with E-state index in [4.69, 9.17) is 4.74 Å². The topological polar surface area (TPSA) is 9.23 Å². The van der Waals surface area contributed by atoms with Crippen molar-refractivity contribution in [2.45, 2.75) is 12.8 Å². The minimum atomic E-state index is 0.794. The van der Waals surface area contributed by atoms with E-state index in [2.05, 4.69) is 31.9 Å². The maximum Gasteiger partial charge on any atom is 0.120 e. The highest BCUT2D eigenvalue weighted by Gasteiger charge is 1.93. The second kappa shape index (κ2) is 6.44. The van der Waals surface area contributed by atoms with Gasteiger partial charge >= 0.3 is 0 Å². The van der Waals surface area contributed by atoms with Crippen LogP contribution in [-0.2, 0) is 0 Å². The molecule has 0 N–H and O–H groups in total. The largest absolute Gasteiger partial charge is 0.494 e.